The van der Waals surface area contributed by atoms with E-state index in [0.29, 0.717) is 6.42 Å². The molecule has 132 valence electrons. The van der Waals surface area contributed by atoms with Gasteiger partial charge in [-0.05, 0) is 109 Å². The molecule has 1 heterocycles. The van der Waals surface area contributed by atoms with Gasteiger partial charge in [-0.25, -0.2) is 0 Å². The Bertz CT molecular complexity index is 1090. The van der Waals surface area contributed by atoms with Crippen molar-refractivity contribution in [2.75, 3.05) is 19.6 Å². The number of hydrogen-bond acceptors (Lipinski definition) is 3. The molecule has 0 unspecified atom stereocenters. The van der Waals surface area contributed by atoms with Gasteiger partial charge in [-0.2, -0.15) is 0 Å². The van der Waals surface area contributed by atoms with E-state index in [1.54, 1.807) is 6.92 Å². The lowest BCUT2D eigenvalue weighted by atomic mass is 10.2. The smallest absolute Gasteiger partial charge is 0.177 e. The molecule has 0 saturated heterocycles. The Morgan fingerprint density at radius 1 is 0.821 bits per heavy atom. The van der Waals surface area contributed by atoms with Gasteiger partial charge < -0.3 is 9.69 Å². The zero-order chi connectivity index (χ0) is 20.1. The van der Waals surface area contributed by atoms with Crippen LogP contribution in [0.4, 0.5) is 0 Å². The molecule has 0 aromatic carbocycles. The Morgan fingerprint density at radius 2 is 1.36 bits per heavy atom. The predicted octanol–water partition coefficient (Wildman–Crippen LogP) is 1.12. The van der Waals surface area contributed by atoms with Gasteiger partial charge in [0, 0.05) is 19.5 Å². The van der Waals surface area contributed by atoms with Crippen LogP contribution in [0.25, 0.3) is 0 Å². The van der Waals surface area contributed by atoms with Crippen LogP contribution in [0.1, 0.15) is 26.2 Å². The number of carbonyl (C=O) groups is 1. The molecule has 0 saturated carbocycles. The zero-order valence-corrected chi connectivity index (χ0v) is 15.6. The lowest BCUT2D eigenvalue weighted by Crippen LogP contribution is -2.27. The maximum absolute atomic E-state index is 10.3. The summed E-state index contributed by atoms with van der Waals surface area (Å²) in [6, 6.07) is 0. The normalized spacial score (nSPS) is 9.32. The average molecular weight is 360 g/mol. The Labute approximate surface area is 167 Å². The number of hydrogen-bond donors (Lipinski definition) is 0. The monoisotopic (exact) mass is 360 g/mol. The first-order chi connectivity index (χ1) is 13.9. The van der Waals surface area contributed by atoms with Crippen LogP contribution >= 0.6 is 0 Å². The summed E-state index contributed by atoms with van der Waals surface area (Å²) in [5.74, 6) is 42.3. The second kappa shape index (κ2) is 16.1. The molecule has 0 aliphatic carbocycles. The van der Waals surface area contributed by atoms with Crippen molar-refractivity contribution in [1.29, 1.82) is 0 Å². The number of rotatable bonds is 5. The van der Waals surface area contributed by atoms with Gasteiger partial charge in [0.2, 0.25) is 0 Å². The van der Waals surface area contributed by atoms with Crippen molar-refractivity contribution in [2.24, 2.45) is 4.99 Å². The first-order valence-electron chi connectivity index (χ1n) is 8.54. The van der Waals surface area contributed by atoms with E-state index >= 15 is 0 Å². The zero-order valence-electron chi connectivity index (χ0n) is 15.6. The van der Waals surface area contributed by atoms with Gasteiger partial charge >= 0.3 is 0 Å². The van der Waals surface area contributed by atoms with Gasteiger partial charge in [0.1, 0.15) is 6.29 Å². The SMILES string of the molecule is CC#CC#CC#CC#CC#CC#CC#CC#CC1=NCCN1CCCCC=O. The van der Waals surface area contributed by atoms with Gasteiger partial charge in [-0.15, -0.1) is 0 Å². The molecule has 1 rings (SSSR count). The van der Waals surface area contributed by atoms with Crippen molar-refractivity contribution in [3.63, 3.8) is 0 Å². The highest BCUT2D eigenvalue weighted by molar-refractivity contribution is 6.00. The molecule has 0 amide bonds. The van der Waals surface area contributed by atoms with Crippen LogP contribution in [-0.4, -0.2) is 36.7 Å². The van der Waals surface area contributed by atoms with E-state index in [2.05, 4.69) is 105 Å². The molecular weight excluding hydrogens is 344 g/mol. The number of carbonyl (C=O) groups excluding carboxylic acids is 1. The van der Waals surface area contributed by atoms with Gasteiger partial charge in [0.15, 0.2) is 5.84 Å². The van der Waals surface area contributed by atoms with E-state index in [4.69, 9.17) is 0 Å². The average Bonchev–Trinajstić information content (AvgIpc) is 3.15. The van der Waals surface area contributed by atoms with E-state index in [9.17, 15) is 4.79 Å². The number of aldehydes is 1. The summed E-state index contributed by atoms with van der Waals surface area (Å²) in [6.45, 7) is 4.16. The third-order valence-electron chi connectivity index (χ3n) is 3.04. The van der Waals surface area contributed by atoms with Crippen LogP contribution < -0.4 is 0 Å². The summed E-state index contributed by atoms with van der Waals surface area (Å²) in [7, 11) is 0. The van der Waals surface area contributed by atoms with Crippen LogP contribution in [0, 0.1) is 94.7 Å². The number of nitrogens with zero attached hydrogens (tertiary/aromatic N) is 2. The summed E-state index contributed by atoms with van der Waals surface area (Å²) >= 11 is 0. The maximum atomic E-state index is 10.3. The van der Waals surface area contributed by atoms with Crippen molar-refractivity contribution in [1.82, 2.24) is 4.90 Å². The summed E-state index contributed by atoms with van der Waals surface area (Å²) in [4.78, 5) is 16.8. The standard InChI is InChI=1S/C25H16N2O/c1-2-3-4-5-6-7-8-9-10-11-12-13-14-15-17-20-25-26-21-23-27(25)22-18-16-19-24-28/h24H,16,18-19,21-23H2,1H3. The highest BCUT2D eigenvalue weighted by atomic mass is 16.1. The number of aliphatic imine (C=N–C) groups is 1. The molecule has 0 N–H and O–H groups in total. The molecule has 0 spiro atoms. The van der Waals surface area contributed by atoms with Crippen LogP contribution in [0.2, 0.25) is 0 Å². The van der Waals surface area contributed by atoms with Crippen molar-refractivity contribution in [3.8, 4) is 94.7 Å². The van der Waals surface area contributed by atoms with Gasteiger partial charge in [-0.1, -0.05) is 5.92 Å². The first-order valence-corrected chi connectivity index (χ1v) is 8.54. The molecule has 3 heteroatoms. The minimum absolute atomic E-state index is 0.599. The van der Waals surface area contributed by atoms with E-state index < -0.39 is 0 Å². The summed E-state index contributed by atoms with van der Waals surface area (Å²) in [6.07, 6.45) is 3.38. The van der Waals surface area contributed by atoms with Crippen LogP contribution in [0.3, 0.4) is 0 Å². The fourth-order valence-electron chi connectivity index (χ4n) is 1.87. The third kappa shape index (κ3) is 11.2. The number of unbranched alkanes of at least 4 members (excludes halogenated alkanes) is 2. The summed E-state index contributed by atoms with van der Waals surface area (Å²) < 4.78 is 0. The minimum Gasteiger partial charge on any atom is -0.348 e. The summed E-state index contributed by atoms with van der Waals surface area (Å²) in [5.41, 5.74) is 0. The summed E-state index contributed by atoms with van der Waals surface area (Å²) in [5, 5.41) is 0. The van der Waals surface area contributed by atoms with Crippen molar-refractivity contribution < 1.29 is 4.79 Å². The Balaban J connectivity index is 2.43. The van der Waals surface area contributed by atoms with Gasteiger partial charge in [0.05, 0.1) is 6.54 Å². The Morgan fingerprint density at radius 3 is 1.89 bits per heavy atom. The van der Waals surface area contributed by atoms with E-state index in [0.717, 1.165) is 44.6 Å². The lowest BCUT2D eigenvalue weighted by molar-refractivity contribution is -0.107. The minimum atomic E-state index is 0.599. The topological polar surface area (TPSA) is 32.7 Å². The van der Waals surface area contributed by atoms with Crippen molar-refractivity contribution in [2.45, 2.75) is 26.2 Å². The van der Waals surface area contributed by atoms with E-state index in [1.807, 2.05) is 0 Å². The molecule has 0 atom stereocenters. The first kappa shape index (κ1) is 21.7. The Hall–Kier alpha value is -4.38. The quantitative estimate of drug-likeness (QED) is 0.418. The molecule has 0 aromatic heterocycles. The maximum Gasteiger partial charge on any atom is 0.177 e. The third-order valence-corrected chi connectivity index (χ3v) is 3.04. The van der Waals surface area contributed by atoms with Gasteiger partial charge in [0.25, 0.3) is 0 Å². The van der Waals surface area contributed by atoms with Crippen LogP contribution in [0.15, 0.2) is 4.99 Å². The number of amidine groups is 1. The molecule has 3 nitrogen and oxygen atoms in total. The molecule has 0 radical (unpaired) electrons. The fraction of sp³-hybridized carbons (Fsp3) is 0.280. The van der Waals surface area contributed by atoms with Crippen molar-refractivity contribution in [3.05, 3.63) is 0 Å². The molecule has 0 aromatic rings. The predicted molar refractivity (Wildman–Crippen MR) is 112 cm³/mol. The molecule has 0 bridgehead atoms. The van der Waals surface area contributed by atoms with Crippen LogP contribution in [0.5, 0.6) is 0 Å². The van der Waals surface area contributed by atoms with E-state index in [-0.39, 0.29) is 0 Å². The molecule has 1 aliphatic rings. The largest absolute Gasteiger partial charge is 0.348 e. The van der Waals surface area contributed by atoms with E-state index in [1.165, 1.54) is 0 Å². The molecular formula is C25H16N2O. The molecule has 0 fully saturated rings. The fourth-order valence-corrected chi connectivity index (χ4v) is 1.87. The second-order valence-electron chi connectivity index (χ2n) is 4.98. The lowest BCUT2D eigenvalue weighted by Gasteiger charge is -2.16. The second-order valence-corrected chi connectivity index (χ2v) is 4.98. The molecule has 28 heavy (non-hydrogen) atoms. The highest BCUT2D eigenvalue weighted by Gasteiger charge is 2.13. The van der Waals surface area contributed by atoms with Crippen LogP contribution in [-0.2, 0) is 4.79 Å². The highest BCUT2D eigenvalue weighted by Crippen LogP contribution is 2.04. The Kier molecular flexibility index (Phi) is 12.5. The van der Waals surface area contributed by atoms with Crippen molar-refractivity contribution >= 4 is 12.1 Å². The van der Waals surface area contributed by atoms with Gasteiger partial charge in [-0.3, -0.25) is 4.99 Å². The molecule has 1 aliphatic heterocycles.